The van der Waals surface area contributed by atoms with Crippen LogP contribution in [-0.2, 0) is 12.0 Å². The molecule has 2 aliphatic heterocycles. The fraction of sp³-hybridized carbons (Fsp3) is 0.812. The van der Waals surface area contributed by atoms with Gasteiger partial charge in [0.25, 0.3) is 0 Å². The molecule has 6 heteroatoms. The zero-order chi connectivity index (χ0) is 14.9. The Labute approximate surface area is 144 Å². The van der Waals surface area contributed by atoms with Crippen LogP contribution in [0, 0.1) is 0 Å². The number of rotatable bonds is 3. The number of aromatic nitrogens is 1. The zero-order valence-corrected chi connectivity index (χ0v) is 15.6. The van der Waals surface area contributed by atoms with Crippen molar-refractivity contribution in [1.29, 1.82) is 0 Å². The first kappa shape index (κ1) is 18.1. The van der Waals surface area contributed by atoms with Crippen LogP contribution in [0.5, 0.6) is 0 Å². The fourth-order valence-corrected chi connectivity index (χ4v) is 4.28. The van der Waals surface area contributed by atoms with E-state index in [0.29, 0.717) is 0 Å². The van der Waals surface area contributed by atoms with Gasteiger partial charge in [0, 0.05) is 56.1 Å². The third-order valence-corrected chi connectivity index (χ3v) is 5.43. The number of halogens is 1. The summed E-state index contributed by atoms with van der Waals surface area (Å²) in [5, 5.41) is 6.96. The lowest BCUT2D eigenvalue weighted by molar-refractivity contribution is 0.170. The topological polar surface area (TPSA) is 31.4 Å². The molecule has 0 amide bonds. The van der Waals surface area contributed by atoms with E-state index in [4.69, 9.17) is 4.98 Å². The van der Waals surface area contributed by atoms with Crippen molar-refractivity contribution in [3.8, 4) is 0 Å². The Bertz CT molecular complexity index is 465. The Hall–Kier alpha value is -0.200. The third-order valence-electron chi connectivity index (χ3n) is 4.59. The summed E-state index contributed by atoms with van der Waals surface area (Å²) < 4.78 is 0. The second-order valence-electron chi connectivity index (χ2n) is 7.34. The number of likely N-dealkylation sites (tertiary alicyclic amines) is 1. The largest absolute Gasteiger partial charge is 0.314 e. The number of thiazole rings is 1. The van der Waals surface area contributed by atoms with Gasteiger partial charge in [0.05, 0.1) is 12.2 Å². The smallest absolute Gasteiger partial charge is 0.107 e. The zero-order valence-electron chi connectivity index (χ0n) is 14.0. The monoisotopic (exact) mass is 344 g/mol. The molecule has 2 aliphatic rings. The Morgan fingerprint density at radius 3 is 2.64 bits per heavy atom. The maximum absolute atomic E-state index is 4.84. The van der Waals surface area contributed by atoms with Crippen LogP contribution in [0.2, 0.25) is 0 Å². The molecule has 3 rings (SSSR count). The van der Waals surface area contributed by atoms with Crippen LogP contribution >= 0.6 is 23.7 Å². The van der Waals surface area contributed by atoms with E-state index in [2.05, 4.69) is 41.3 Å². The van der Waals surface area contributed by atoms with Gasteiger partial charge < -0.3 is 5.32 Å². The molecule has 2 saturated heterocycles. The highest BCUT2D eigenvalue weighted by Crippen LogP contribution is 2.25. The quantitative estimate of drug-likeness (QED) is 0.912. The molecule has 0 aromatic carbocycles. The van der Waals surface area contributed by atoms with Gasteiger partial charge in [-0.2, -0.15) is 0 Å². The van der Waals surface area contributed by atoms with Gasteiger partial charge >= 0.3 is 0 Å². The molecule has 3 heterocycles. The number of hydrogen-bond acceptors (Lipinski definition) is 5. The lowest BCUT2D eigenvalue weighted by atomic mass is 9.93. The van der Waals surface area contributed by atoms with E-state index in [1.807, 2.05) is 11.3 Å². The highest BCUT2D eigenvalue weighted by Gasteiger charge is 2.29. The summed E-state index contributed by atoms with van der Waals surface area (Å²) in [5.74, 6) is 0. The second kappa shape index (κ2) is 7.58. The van der Waals surface area contributed by atoms with E-state index in [-0.39, 0.29) is 17.8 Å². The van der Waals surface area contributed by atoms with E-state index >= 15 is 0 Å². The Morgan fingerprint density at radius 2 is 2.00 bits per heavy atom. The van der Waals surface area contributed by atoms with Crippen LogP contribution in [0.15, 0.2) is 5.38 Å². The van der Waals surface area contributed by atoms with Crippen molar-refractivity contribution < 1.29 is 0 Å². The molecule has 126 valence electrons. The molecule has 0 spiro atoms. The second-order valence-corrected chi connectivity index (χ2v) is 8.28. The van der Waals surface area contributed by atoms with E-state index in [1.165, 1.54) is 43.3 Å². The summed E-state index contributed by atoms with van der Waals surface area (Å²) >= 11 is 1.82. The molecule has 1 aromatic heterocycles. The molecule has 0 aliphatic carbocycles. The van der Waals surface area contributed by atoms with Gasteiger partial charge in [-0.3, -0.25) is 9.80 Å². The molecule has 1 aromatic rings. The van der Waals surface area contributed by atoms with Crippen LogP contribution in [0.25, 0.3) is 0 Å². The fourth-order valence-electron chi connectivity index (χ4n) is 3.22. The normalized spacial score (nSPS) is 24.4. The van der Waals surface area contributed by atoms with Gasteiger partial charge in [-0.15, -0.1) is 23.7 Å². The summed E-state index contributed by atoms with van der Waals surface area (Å²) in [6, 6.07) is 0.758. The van der Waals surface area contributed by atoms with Gasteiger partial charge in [0.2, 0.25) is 0 Å². The summed E-state index contributed by atoms with van der Waals surface area (Å²) in [6.45, 7) is 14.9. The minimum atomic E-state index is 0. The highest BCUT2D eigenvalue weighted by molar-refractivity contribution is 7.09. The minimum Gasteiger partial charge on any atom is -0.314 e. The molecule has 1 atom stereocenters. The summed E-state index contributed by atoms with van der Waals surface area (Å²) in [4.78, 5) is 10.1. The molecule has 2 fully saturated rings. The molecule has 1 N–H and O–H groups in total. The lowest BCUT2D eigenvalue weighted by Crippen LogP contribution is -2.49. The van der Waals surface area contributed by atoms with Gasteiger partial charge in [-0.05, 0) is 6.42 Å². The number of nitrogens with zero attached hydrogens (tertiary/aromatic N) is 3. The van der Waals surface area contributed by atoms with E-state index in [1.54, 1.807) is 0 Å². The Morgan fingerprint density at radius 1 is 1.27 bits per heavy atom. The minimum absolute atomic E-state index is 0. The first-order valence-electron chi connectivity index (χ1n) is 8.14. The number of nitrogens with one attached hydrogen (secondary N) is 1. The van der Waals surface area contributed by atoms with Crippen molar-refractivity contribution >= 4 is 23.7 Å². The van der Waals surface area contributed by atoms with Crippen LogP contribution in [0.4, 0.5) is 0 Å². The SMILES string of the molecule is CC(C)(C)c1csc(CN2CCC(N3CCNCC3)C2)n1.Cl. The first-order valence-corrected chi connectivity index (χ1v) is 9.02. The molecule has 1 unspecified atom stereocenters. The predicted molar refractivity (Wildman–Crippen MR) is 96.2 cm³/mol. The standard InChI is InChI=1S/C16H28N4S.ClH/c1-16(2,3)14-12-21-15(18-14)11-19-7-4-13(10-19)20-8-5-17-6-9-20;/h12-13,17H,4-11H2,1-3H3;1H. The highest BCUT2D eigenvalue weighted by atomic mass is 35.5. The lowest BCUT2D eigenvalue weighted by Gasteiger charge is -2.32. The summed E-state index contributed by atoms with van der Waals surface area (Å²) in [5.41, 5.74) is 1.41. The van der Waals surface area contributed by atoms with Crippen molar-refractivity contribution in [2.24, 2.45) is 0 Å². The molecule has 0 saturated carbocycles. The molecule has 0 radical (unpaired) electrons. The predicted octanol–water partition coefficient (Wildman–Crippen LogP) is 2.34. The number of piperazine rings is 1. The van der Waals surface area contributed by atoms with Crippen LogP contribution in [-0.4, -0.2) is 60.1 Å². The van der Waals surface area contributed by atoms with Gasteiger partial charge in [0.1, 0.15) is 5.01 Å². The van der Waals surface area contributed by atoms with E-state index in [0.717, 1.165) is 25.7 Å². The third kappa shape index (κ3) is 4.42. The van der Waals surface area contributed by atoms with Crippen LogP contribution in [0.1, 0.15) is 37.9 Å². The van der Waals surface area contributed by atoms with Crippen molar-refractivity contribution in [2.75, 3.05) is 39.3 Å². The van der Waals surface area contributed by atoms with Gasteiger partial charge in [0.15, 0.2) is 0 Å². The van der Waals surface area contributed by atoms with Crippen molar-refractivity contribution in [2.45, 2.75) is 45.2 Å². The number of hydrogen-bond donors (Lipinski definition) is 1. The Balaban J connectivity index is 0.00000176. The van der Waals surface area contributed by atoms with Crippen molar-refractivity contribution in [3.63, 3.8) is 0 Å². The average Bonchev–Trinajstić information content (AvgIpc) is 3.09. The van der Waals surface area contributed by atoms with Crippen molar-refractivity contribution in [3.05, 3.63) is 16.1 Å². The summed E-state index contributed by atoms with van der Waals surface area (Å²) in [6.07, 6.45) is 1.32. The van der Waals surface area contributed by atoms with E-state index < -0.39 is 0 Å². The van der Waals surface area contributed by atoms with Crippen LogP contribution < -0.4 is 5.32 Å². The molecular formula is C16H29ClN4S. The molecular weight excluding hydrogens is 316 g/mol. The molecule has 0 bridgehead atoms. The summed E-state index contributed by atoms with van der Waals surface area (Å²) in [7, 11) is 0. The first-order chi connectivity index (χ1) is 10.0. The van der Waals surface area contributed by atoms with E-state index in [9.17, 15) is 0 Å². The molecule has 4 nitrogen and oxygen atoms in total. The Kier molecular flexibility index (Phi) is 6.25. The van der Waals surface area contributed by atoms with Gasteiger partial charge in [-0.25, -0.2) is 4.98 Å². The van der Waals surface area contributed by atoms with Crippen molar-refractivity contribution in [1.82, 2.24) is 20.1 Å². The van der Waals surface area contributed by atoms with Crippen LogP contribution in [0.3, 0.4) is 0 Å². The van der Waals surface area contributed by atoms with Gasteiger partial charge in [-0.1, -0.05) is 20.8 Å². The average molecular weight is 345 g/mol. The maximum atomic E-state index is 4.84. The maximum Gasteiger partial charge on any atom is 0.107 e. The molecule has 22 heavy (non-hydrogen) atoms.